The van der Waals surface area contributed by atoms with Crippen LogP contribution in [-0.2, 0) is 14.3 Å². The van der Waals surface area contributed by atoms with Crippen molar-refractivity contribution in [2.24, 2.45) is 5.92 Å². The largest absolute Gasteiger partial charge is 0.468 e. The summed E-state index contributed by atoms with van der Waals surface area (Å²) < 4.78 is 4.82. The number of esters is 1. The van der Waals surface area contributed by atoms with Crippen molar-refractivity contribution >= 4 is 11.9 Å². The van der Waals surface area contributed by atoms with Gasteiger partial charge in [-0.2, -0.15) is 0 Å². The minimum Gasteiger partial charge on any atom is -0.468 e. The fraction of sp³-hybridized carbons (Fsp3) is 0.857. The van der Waals surface area contributed by atoms with Gasteiger partial charge >= 0.3 is 5.97 Å². The molecule has 0 aromatic heterocycles. The van der Waals surface area contributed by atoms with Crippen LogP contribution in [-0.4, -0.2) is 96.7 Å². The molecule has 0 aromatic rings. The highest BCUT2D eigenvalue weighted by Gasteiger charge is 2.54. The van der Waals surface area contributed by atoms with Crippen LogP contribution in [0.15, 0.2) is 0 Å². The highest BCUT2D eigenvalue weighted by molar-refractivity contribution is 5.98. The number of hydrogen-bond donors (Lipinski definition) is 0. The van der Waals surface area contributed by atoms with E-state index in [-0.39, 0.29) is 12.1 Å². The minimum absolute atomic E-state index is 0.0461. The van der Waals surface area contributed by atoms with E-state index in [1.54, 1.807) is 0 Å². The third-order valence-electron chi connectivity index (χ3n) is 5.39. The maximum atomic E-state index is 12.7. The molecule has 3 atom stereocenters. The minimum atomic E-state index is -0.645. The molecule has 21 heavy (non-hydrogen) atoms. The van der Waals surface area contributed by atoms with E-state index in [1.807, 2.05) is 4.90 Å². The van der Waals surface area contributed by atoms with Gasteiger partial charge in [0.25, 0.3) is 0 Å². The molecule has 7 nitrogen and oxygen atoms in total. The highest BCUT2D eigenvalue weighted by atomic mass is 16.5. The predicted octanol–water partition coefficient (Wildman–Crippen LogP) is -1.39. The van der Waals surface area contributed by atoms with Gasteiger partial charge in [0.2, 0.25) is 5.91 Å². The highest BCUT2D eigenvalue weighted by Crippen LogP contribution is 2.34. The van der Waals surface area contributed by atoms with Crippen molar-refractivity contribution in [1.29, 1.82) is 0 Å². The average Bonchev–Trinajstić information content (AvgIpc) is 2.53. The smallest absolute Gasteiger partial charge is 0.319 e. The Labute approximate surface area is 124 Å². The summed E-state index contributed by atoms with van der Waals surface area (Å²) >= 11 is 0. The van der Waals surface area contributed by atoms with Crippen molar-refractivity contribution in [3.63, 3.8) is 0 Å². The van der Waals surface area contributed by atoms with E-state index < -0.39 is 11.9 Å². The Hall–Kier alpha value is -1.18. The van der Waals surface area contributed by atoms with Crippen LogP contribution >= 0.6 is 0 Å². The third-order valence-corrected chi connectivity index (χ3v) is 5.39. The van der Waals surface area contributed by atoms with E-state index in [0.717, 1.165) is 39.3 Å². The lowest BCUT2D eigenvalue weighted by Gasteiger charge is -2.62. The average molecular weight is 294 g/mol. The molecule has 4 fully saturated rings. The van der Waals surface area contributed by atoms with Crippen LogP contribution in [0.2, 0.25) is 0 Å². The van der Waals surface area contributed by atoms with Crippen LogP contribution < -0.4 is 0 Å². The lowest BCUT2D eigenvalue weighted by Crippen LogP contribution is -2.79. The summed E-state index contributed by atoms with van der Waals surface area (Å²) in [5.74, 6) is -1.09. The number of ether oxygens (including phenoxy) is 1. The van der Waals surface area contributed by atoms with E-state index in [2.05, 4.69) is 14.7 Å². The van der Waals surface area contributed by atoms with E-state index in [0.29, 0.717) is 12.7 Å². The van der Waals surface area contributed by atoms with Gasteiger partial charge in [0.1, 0.15) is 12.1 Å². The first kappa shape index (κ1) is 13.5. The van der Waals surface area contributed by atoms with Crippen molar-refractivity contribution < 1.29 is 14.3 Å². The zero-order valence-corrected chi connectivity index (χ0v) is 12.4. The van der Waals surface area contributed by atoms with Gasteiger partial charge in [-0.05, 0) is 6.42 Å². The second-order valence-electron chi connectivity index (χ2n) is 6.36. The fourth-order valence-corrected chi connectivity index (χ4v) is 4.41. The molecule has 0 aliphatic carbocycles. The van der Waals surface area contributed by atoms with Crippen LogP contribution in [0, 0.1) is 5.92 Å². The Kier molecular flexibility index (Phi) is 3.16. The molecule has 4 aliphatic heterocycles. The molecule has 0 bridgehead atoms. The maximum absolute atomic E-state index is 12.7. The Balaban J connectivity index is 1.65. The van der Waals surface area contributed by atoms with Crippen LogP contribution in [0.5, 0.6) is 0 Å². The number of carbonyl (C=O) groups is 2. The molecule has 0 N–H and O–H groups in total. The second kappa shape index (κ2) is 4.93. The number of hydrogen-bond acceptors (Lipinski definition) is 6. The van der Waals surface area contributed by atoms with Crippen LogP contribution in [0.4, 0.5) is 0 Å². The quantitative estimate of drug-likeness (QED) is 0.438. The standard InChI is InChI=1S/C14H22N4O3/c1-21-14(20)10-9-17-6-5-15-3-2-4-16-7-8-18(13(10)19)12(17)11(15)16/h10-12H,2-9H2,1H3. The molecule has 7 heteroatoms. The normalized spacial score (nSPS) is 37.3. The van der Waals surface area contributed by atoms with Gasteiger partial charge in [0, 0.05) is 45.8 Å². The Morgan fingerprint density at radius 2 is 1.67 bits per heavy atom. The summed E-state index contributed by atoms with van der Waals surface area (Å²) in [6.45, 7) is 6.32. The molecule has 4 saturated heterocycles. The molecule has 1 amide bonds. The van der Waals surface area contributed by atoms with E-state index >= 15 is 0 Å². The summed E-state index contributed by atoms with van der Waals surface area (Å²) in [4.78, 5) is 33.8. The van der Waals surface area contributed by atoms with Gasteiger partial charge in [0.15, 0.2) is 0 Å². The summed E-state index contributed by atoms with van der Waals surface area (Å²) in [5, 5.41) is 0. The monoisotopic (exact) mass is 294 g/mol. The molecule has 0 aromatic carbocycles. The second-order valence-corrected chi connectivity index (χ2v) is 6.36. The molecule has 4 rings (SSSR count). The van der Waals surface area contributed by atoms with Crippen LogP contribution in [0.25, 0.3) is 0 Å². The lowest BCUT2D eigenvalue weighted by molar-refractivity contribution is -0.201. The third kappa shape index (κ3) is 1.91. The first-order valence-electron chi connectivity index (χ1n) is 7.81. The van der Waals surface area contributed by atoms with Gasteiger partial charge in [-0.25, -0.2) is 0 Å². The molecule has 4 heterocycles. The van der Waals surface area contributed by atoms with Crippen molar-refractivity contribution in [1.82, 2.24) is 19.6 Å². The van der Waals surface area contributed by atoms with Gasteiger partial charge in [0.05, 0.1) is 13.3 Å². The van der Waals surface area contributed by atoms with Crippen LogP contribution in [0.3, 0.4) is 0 Å². The topological polar surface area (TPSA) is 56.3 Å². The van der Waals surface area contributed by atoms with E-state index in [9.17, 15) is 9.59 Å². The number of carbonyl (C=O) groups excluding carboxylic acids is 2. The molecular formula is C14H22N4O3. The first-order chi connectivity index (χ1) is 10.2. The molecule has 116 valence electrons. The van der Waals surface area contributed by atoms with Crippen LogP contribution in [0.1, 0.15) is 6.42 Å². The molecule has 0 saturated carbocycles. The predicted molar refractivity (Wildman–Crippen MR) is 74.1 cm³/mol. The van der Waals surface area contributed by atoms with Crippen molar-refractivity contribution in [3.8, 4) is 0 Å². The number of nitrogens with zero attached hydrogens (tertiary/aromatic N) is 4. The van der Waals surface area contributed by atoms with E-state index in [1.165, 1.54) is 13.5 Å². The summed E-state index contributed by atoms with van der Waals surface area (Å²) in [6.07, 6.45) is 1.63. The molecule has 0 spiro atoms. The molecular weight excluding hydrogens is 272 g/mol. The maximum Gasteiger partial charge on any atom is 0.319 e. The van der Waals surface area contributed by atoms with Gasteiger partial charge in [-0.15, -0.1) is 0 Å². The molecule has 4 aliphatic rings. The number of methoxy groups -OCH3 is 1. The van der Waals surface area contributed by atoms with Gasteiger partial charge < -0.3 is 9.64 Å². The first-order valence-corrected chi connectivity index (χ1v) is 7.81. The van der Waals surface area contributed by atoms with Crippen molar-refractivity contribution in [2.75, 3.05) is 52.9 Å². The number of piperazine rings is 2. The van der Waals surface area contributed by atoms with Gasteiger partial charge in [-0.3, -0.25) is 24.3 Å². The molecule has 3 unspecified atom stereocenters. The SMILES string of the molecule is COC(=O)C1CN2CCN3CCCN4CCN(C1=O)C2C34. The van der Waals surface area contributed by atoms with Crippen molar-refractivity contribution in [2.45, 2.75) is 18.8 Å². The fourth-order valence-electron chi connectivity index (χ4n) is 4.41. The Morgan fingerprint density at radius 3 is 2.38 bits per heavy atom. The molecule has 0 radical (unpaired) electrons. The van der Waals surface area contributed by atoms with E-state index in [4.69, 9.17) is 4.74 Å². The zero-order chi connectivity index (χ0) is 14.6. The zero-order valence-electron chi connectivity index (χ0n) is 12.4. The lowest BCUT2D eigenvalue weighted by atomic mass is 9.95. The number of rotatable bonds is 1. The van der Waals surface area contributed by atoms with Crippen molar-refractivity contribution in [3.05, 3.63) is 0 Å². The summed E-state index contributed by atoms with van der Waals surface area (Å²) in [6, 6.07) is 0. The number of amides is 1. The Bertz CT molecular complexity index is 465. The van der Waals surface area contributed by atoms with Gasteiger partial charge in [-0.1, -0.05) is 0 Å². The summed E-state index contributed by atoms with van der Waals surface area (Å²) in [5.41, 5.74) is 0. The Morgan fingerprint density at radius 1 is 1.00 bits per heavy atom. The summed E-state index contributed by atoms with van der Waals surface area (Å²) in [7, 11) is 1.36.